The lowest BCUT2D eigenvalue weighted by molar-refractivity contribution is 0.520. The molecule has 0 bridgehead atoms. The maximum Gasteiger partial charge on any atom is 0.283 e. The van der Waals surface area contributed by atoms with Gasteiger partial charge in [0, 0.05) is 6.54 Å². The lowest BCUT2D eigenvalue weighted by atomic mass is 10.3. The van der Waals surface area contributed by atoms with Crippen molar-refractivity contribution in [2.75, 3.05) is 0 Å². The summed E-state index contributed by atoms with van der Waals surface area (Å²) in [7, 11) is 0. The van der Waals surface area contributed by atoms with Gasteiger partial charge in [0.05, 0.1) is 12.2 Å². The molecule has 0 aliphatic rings. The van der Waals surface area contributed by atoms with E-state index in [0.29, 0.717) is 18.7 Å². The van der Waals surface area contributed by atoms with Crippen LogP contribution in [0.5, 0.6) is 0 Å². The van der Waals surface area contributed by atoms with E-state index in [1.165, 1.54) is 17.2 Å². The predicted octanol–water partition coefficient (Wildman–Crippen LogP) is 0.269. The van der Waals surface area contributed by atoms with E-state index in [2.05, 4.69) is 25.4 Å². The molecule has 0 spiro atoms. The number of para-hydroxylation sites is 1. The summed E-state index contributed by atoms with van der Waals surface area (Å²) in [6, 6.07) is 9.45. The standard InChI is InChI=1S/C14H12N8O/c23-14-12-13(22(19-18-12)11-4-2-1-3-5-11)16-10-20(14)6-7-21-9-15-8-17-21/h1-5,8-10H,6-7H2. The van der Waals surface area contributed by atoms with Gasteiger partial charge in [-0.15, -0.1) is 5.10 Å². The van der Waals surface area contributed by atoms with Gasteiger partial charge in [0.1, 0.15) is 19.0 Å². The van der Waals surface area contributed by atoms with E-state index >= 15 is 0 Å². The van der Waals surface area contributed by atoms with E-state index in [-0.39, 0.29) is 11.1 Å². The van der Waals surface area contributed by atoms with Crippen molar-refractivity contribution in [2.24, 2.45) is 0 Å². The van der Waals surface area contributed by atoms with Crippen LogP contribution in [0.3, 0.4) is 0 Å². The molecule has 0 radical (unpaired) electrons. The second-order valence-corrected chi connectivity index (χ2v) is 4.91. The molecule has 4 rings (SSSR count). The molecule has 114 valence electrons. The molecule has 0 aliphatic heterocycles. The van der Waals surface area contributed by atoms with E-state index in [4.69, 9.17) is 0 Å². The van der Waals surface area contributed by atoms with Crippen molar-refractivity contribution in [1.29, 1.82) is 0 Å². The summed E-state index contributed by atoms with van der Waals surface area (Å²) in [4.78, 5) is 20.7. The van der Waals surface area contributed by atoms with Gasteiger partial charge in [0.2, 0.25) is 0 Å². The molecular formula is C14H12N8O. The molecule has 9 heteroatoms. The summed E-state index contributed by atoms with van der Waals surface area (Å²) in [6.07, 6.45) is 4.56. The summed E-state index contributed by atoms with van der Waals surface area (Å²) in [5.41, 5.74) is 1.27. The van der Waals surface area contributed by atoms with Crippen molar-refractivity contribution < 1.29 is 0 Å². The normalized spacial score (nSPS) is 11.1. The molecule has 0 amide bonds. The van der Waals surface area contributed by atoms with Gasteiger partial charge < -0.3 is 0 Å². The Bertz CT molecular complexity index is 987. The molecule has 4 aromatic rings. The largest absolute Gasteiger partial charge is 0.295 e. The molecule has 1 aromatic carbocycles. The first-order chi connectivity index (χ1) is 11.3. The maximum atomic E-state index is 12.5. The fourth-order valence-corrected chi connectivity index (χ4v) is 2.30. The summed E-state index contributed by atoms with van der Waals surface area (Å²) >= 11 is 0. The Labute approximate surface area is 129 Å². The summed E-state index contributed by atoms with van der Waals surface area (Å²) < 4.78 is 4.70. The molecule has 3 aromatic heterocycles. The van der Waals surface area contributed by atoms with Crippen molar-refractivity contribution >= 4 is 11.2 Å². The fraction of sp³-hybridized carbons (Fsp3) is 0.143. The Morgan fingerprint density at radius 1 is 1.04 bits per heavy atom. The van der Waals surface area contributed by atoms with Crippen LogP contribution in [0.25, 0.3) is 16.9 Å². The van der Waals surface area contributed by atoms with E-state index in [0.717, 1.165) is 5.69 Å². The van der Waals surface area contributed by atoms with Gasteiger partial charge in [-0.2, -0.15) is 9.78 Å². The topological polar surface area (TPSA) is 96.3 Å². The molecular weight excluding hydrogens is 296 g/mol. The van der Waals surface area contributed by atoms with Gasteiger partial charge in [0.15, 0.2) is 11.2 Å². The zero-order valence-electron chi connectivity index (χ0n) is 12.0. The number of benzene rings is 1. The van der Waals surface area contributed by atoms with Crippen molar-refractivity contribution in [3.8, 4) is 5.69 Å². The molecule has 0 N–H and O–H groups in total. The summed E-state index contributed by atoms with van der Waals surface area (Å²) in [5, 5.41) is 12.0. The number of aromatic nitrogens is 8. The highest BCUT2D eigenvalue weighted by atomic mass is 16.1. The second-order valence-electron chi connectivity index (χ2n) is 4.91. The van der Waals surface area contributed by atoms with Crippen LogP contribution in [-0.4, -0.2) is 39.3 Å². The van der Waals surface area contributed by atoms with Gasteiger partial charge in [0.25, 0.3) is 5.56 Å². The Hall–Kier alpha value is -3.36. The molecule has 9 nitrogen and oxygen atoms in total. The first-order valence-electron chi connectivity index (χ1n) is 7.01. The van der Waals surface area contributed by atoms with E-state index in [1.54, 1.807) is 15.7 Å². The van der Waals surface area contributed by atoms with Gasteiger partial charge >= 0.3 is 0 Å². The molecule has 0 aliphatic carbocycles. The van der Waals surface area contributed by atoms with Crippen molar-refractivity contribution in [2.45, 2.75) is 13.1 Å². The van der Waals surface area contributed by atoms with Crippen LogP contribution in [0.4, 0.5) is 0 Å². The number of nitrogens with zero attached hydrogens (tertiary/aromatic N) is 8. The minimum Gasteiger partial charge on any atom is -0.295 e. The molecule has 0 atom stereocenters. The smallest absolute Gasteiger partial charge is 0.283 e. The van der Waals surface area contributed by atoms with Crippen LogP contribution in [0.1, 0.15) is 0 Å². The Morgan fingerprint density at radius 3 is 2.70 bits per heavy atom. The highest BCUT2D eigenvalue weighted by Gasteiger charge is 2.13. The monoisotopic (exact) mass is 308 g/mol. The van der Waals surface area contributed by atoms with Crippen LogP contribution in [0.2, 0.25) is 0 Å². The molecule has 23 heavy (non-hydrogen) atoms. The minimum absolute atomic E-state index is 0.225. The Morgan fingerprint density at radius 2 is 1.91 bits per heavy atom. The van der Waals surface area contributed by atoms with Gasteiger partial charge in [-0.1, -0.05) is 23.4 Å². The second kappa shape index (κ2) is 5.44. The van der Waals surface area contributed by atoms with Crippen LogP contribution in [0, 0.1) is 0 Å². The third kappa shape index (κ3) is 2.37. The third-order valence-electron chi connectivity index (χ3n) is 3.47. The van der Waals surface area contributed by atoms with Crippen molar-refractivity contribution in [1.82, 2.24) is 39.3 Å². The number of hydrogen-bond acceptors (Lipinski definition) is 6. The minimum atomic E-state index is -0.225. The number of aryl methyl sites for hydroxylation is 2. The first kappa shape index (κ1) is 13.3. The van der Waals surface area contributed by atoms with Crippen LogP contribution in [-0.2, 0) is 13.1 Å². The van der Waals surface area contributed by atoms with E-state index < -0.39 is 0 Å². The van der Waals surface area contributed by atoms with Crippen LogP contribution in [0.15, 0.2) is 54.1 Å². The summed E-state index contributed by atoms with van der Waals surface area (Å²) in [5.74, 6) is 0. The van der Waals surface area contributed by atoms with E-state index in [1.807, 2.05) is 30.3 Å². The zero-order valence-corrected chi connectivity index (χ0v) is 12.0. The molecule has 0 unspecified atom stereocenters. The summed E-state index contributed by atoms with van der Waals surface area (Å²) in [6.45, 7) is 0.962. The average Bonchev–Trinajstić information content (AvgIpc) is 3.25. The zero-order chi connectivity index (χ0) is 15.6. The van der Waals surface area contributed by atoms with Crippen LogP contribution >= 0.6 is 0 Å². The number of hydrogen-bond donors (Lipinski definition) is 0. The lowest BCUT2D eigenvalue weighted by Gasteiger charge is -2.05. The van der Waals surface area contributed by atoms with Gasteiger partial charge in [-0.05, 0) is 12.1 Å². The SMILES string of the molecule is O=c1c2nnn(-c3ccccc3)c2ncn1CCn1cncn1. The van der Waals surface area contributed by atoms with E-state index in [9.17, 15) is 4.79 Å². The average molecular weight is 308 g/mol. The fourth-order valence-electron chi connectivity index (χ4n) is 2.30. The van der Waals surface area contributed by atoms with Gasteiger partial charge in [-0.25, -0.2) is 9.97 Å². The Kier molecular flexibility index (Phi) is 3.15. The highest BCUT2D eigenvalue weighted by Crippen LogP contribution is 2.10. The lowest BCUT2D eigenvalue weighted by Crippen LogP contribution is -2.23. The quantitative estimate of drug-likeness (QED) is 0.537. The first-order valence-corrected chi connectivity index (χ1v) is 7.01. The molecule has 0 fully saturated rings. The number of fused-ring (bicyclic) bond motifs is 1. The molecule has 0 saturated heterocycles. The highest BCUT2D eigenvalue weighted by molar-refractivity contribution is 5.70. The van der Waals surface area contributed by atoms with Crippen LogP contribution < -0.4 is 5.56 Å². The predicted molar refractivity (Wildman–Crippen MR) is 80.9 cm³/mol. The third-order valence-corrected chi connectivity index (χ3v) is 3.47. The Balaban J connectivity index is 1.71. The molecule has 3 heterocycles. The van der Waals surface area contributed by atoms with Gasteiger partial charge in [-0.3, -0.25) is 14.0 Å². The van der Waals surface area contributed by atoms with Crippen molar-refractivity contribution in [3.63, 3.8) is 0 Å². The maximum absolute atomic E-state index is 12.5. The number of rotatable bonds is 4. The molecule has 0 saturated carbocycles. The van der Waals surface area contributed by atoms with Crippen molar-refractivity contribution in [3.05, 3.63) is 59.7 Å².